The summed E-state index contributed by atoms with van der Waals surface area (Å²) in [4.78, 5) is 16.3. The summed E-state index contributed by atoms with van der Waals surface area (Å²) in [5.74, 6) is 0.440. The van der Waals surface area contributed by atoms with E-state index in [0.29, 0.717) is 18.2 Å². The van der Waals surface area contributed by atoms with Crippen LogP contribution >= 0.6 is 0 Å². The molecule has 2 aromatic heterocycles. The molecule has 116 valence electrons. The quantitative estimate of drug-likeness (QED) is 0.944. The van der Waals surface area contributed by atoms with Crippen LogP contribution in [0.2, 0.25) is 0 Å². The van der Waals surface area contributed by atoms with E-state index in [2.05, 4.69) is 36.2 Å². The Labute approximate surface area is 130 Å². The topological polar surface area (TPSA) is 59.8 Å². The highest BCUT2D eigenvalue weighted by Crippen LogP contribution is 2.41. The third kappa shape index (κ3) is 3.18. The summed E-state index contributed by atoms with van der Waals surface area (Å²) >= 11 is 0. The molecule has 1 saturated carbocycles. The molecule has 5 heteroatoms. The molecule has 1 fully saturated rings. The number of amides is 1. The van der Waals surface area contributed by atoms with E-state index >= 15 is 0 Å². The second kappa shape index (κ2) is 5.55. The summed E-state index contributed by atoms with van der Waals surface area (Å²) < 4.78 is 2.01. The summed E-state index contributed by atoms with van der Waals surface area (Å²) in [5.41, 5.74) is 2.61. The maximum absolute atomic E-state index is 12.4. The fraction of sp³-hybridized carbons (Fsp3) is 0.471. The van der Waals surface area contributed by atoms with Crippen molar-refractivity contribution in [1.29, 1.82) is 0 Å². The number of carbonyl (C=O) groups excluding carboxylic acids is 1. The van der Waals surface area contributed by atoms with Crippen LogP contribution in [0.1, 0.15) is 61.3 Å². The number of hydrogen-bond acceptors (Lipinski definition) is 3. The summed E-state index contributed by atoms with van der Waals surface area (Å²) in [6.07, 6.45) is 5.84. The van der Waals surface area contributed by atoms with E-state index in [9.17, 15) is 4.79 Å². The van der Waals surface area contributed by atoms with Gasteiger partial charge in [0.1, 0.15) is 5.69 Å². The minimum absolute atomic E-state index is 0.110. The van der Waals surface area contributed by atoms with Gasteiger partial charge in [-0.1, -0.05) is 0 Å². The van der Waals surface area contributed by atoms with Gasteiger partial charge < -0.3 is 5.32 Å². The third-order valence-corrected chi connectivity index (χ3v) is 3.80. The summed E-state index contributed by atoms with van der Waals surface area (Å²) in [6.45, 7) is 6.84. The average molecular weight is 298 g/mol. The van der Waals surface area contributed by atoms with Crippen molar-refractivity contribution in [2.24, 2.45) is 0 Å². The fourth-order valence-electron chi connectivity index (χ4n) is 2.49. The molecule has 0 aliphatic heterocycles. The lowest BCUT2D eigenvalue weighted by Crippen LogP contribution is -2.27. The van der Waals surface area contributed by atoms with Gasteiger partial charge in [-0.25, -0.2) is 0 Å². The van der Waals surface area contributed by atoms with Gasteiger partial charge in [-0.2, -0.15) is 5.10 Å². The largest absolute Gasteiger partial charge is 0.347 e. The molecular formula is C17H22N4O. The van der Waals surface area contributed by atoms with Crippen LogP contribution in [0.15, 0.2) is 30.6 Å². The molecule has 1 N–H and O–H groups in total. The van der Waals surface area contributed by atoms with Crippen molar-refractivity contribution in [3.8, 4) is 0 Å². The molecule has 5 nitrogen and oxygen atoms in total. The van der Waals surface area contributed by atoms with Crippen molar-refractivity contribution in [3.05, 3.63) is 47.5 Å². The smallest absolute Gasteiger partial charge is 0.272 e. The Morgan fingerprint density at radius 3 is 2.59 bits per heavy atom. The van der Waals surface area contributed by atoms with Gasteiger partial charge in [0, 0.05) is 30.6 Å². The van der Waals surface area contributed by atoms with Gasteiger partial charge in [-0.05, 0) is 57.4 Å². The van der Waals surface area contributed by atoms with Gasteiger partial charge in [0.15, 0.2) is 0 Å². The Bertz CT molecular complexity index is 666. The number of carbonyl (C=O) groups is 1. The highest BCUT2D eigenvalue weighted by molar-refractivity contribution is 5.92. The number of nitrogens with one attached hydrogen (secondary N) is 1. The molecule has 2 heterocycles. The van der Waals surface area contributed by atoms with E-state index in [1.165, 1.54) is 18.5 Å². The van der Waals surface area contributed by atoms with Crippen LogP contribution in [0, 0.1) is 0 Å². The molecule has 3 rings (SSSR count). The molecule has 0 aromatic carbocycles. The van der Waals surface area contributed by atoms with Crippen LogP contribution in [0.25, 0.3) is 0 Å². The Kier molecular flexibility index (Phi) is 3.72. The second-order valence-corrected chi connectivity index (χ2v) is 6.85. The van der Waals surface area contributed by atoms with Gasteiger partial charge in [-0.3, -0.25) is 14.5 Å². The molecular weight excluding hydrogens is 276 g/mol. The summed E-state index contributed by atoms with van der Waals surface area (Å²) in [6, 6.07) is 5.73. The van der Waals surface area contributed by atoms with Gasteiger partial charge in [-0.15, -0.1) is 0 Å². The molecule has 0 radical (unpaired) electrons. The highest BCUT2D eigenvalue weighted by atomic mass is 16.1. The van der Waals surface area contributed by atoms with Crippen molar-refractivity contribution in [2.45, 2.75) is 51.6 Å². The van der Waals surface area contributed by atoms with E-state index in [0.717, 1.165) is 5.56 Å². The number of aromatic nitrogens is 3. The Hall–Kier alpha value is -2.17. The first kappa shape index (κ1) is 14.8. The van der Waals surface area contributed by atoms with Gasteiger partial charge in [0.05, 0.1) is 5.54 Å². The van der Waals surface area contributed by atoms with Crippen molar-refractivity contribution in [2.75, 3.05) is 0 Å². The third-order valence-electron chi connectivity index (χ3n) is 3.80. The molecule has 0 atom stereocenters. The number of pyridine rings is 1. The van der Waals surface area contributed by atoms with Gasteiger partial charge >= 0.3 is 0 Å². The predicted octanol–water partition coefficient (Wildman–Crippen LogP) is 2.84. The predicted molar refractivity (Wildman–Crippen MR) is 84.6 cm³/mol. The average Bonchev–Trinajstić information content (AvgIpc) is 3.23. The molecule has 0 unspecified atom stereocenters. The first-order chi connectivity index (χ1) is 10.4. The molecule has 2 aromatic rings. The van der Waals surface area contributed by atoms with Crippen molar-refractivity contribution >= 4 is 5.91 Å². The Balaban J connectivity index is 1.75. The maximum atomic E-state index is 12.4. The molecule has 1 aliphatic rings. The molecule has 22 heavy (non-hydrogen) atoms. The zero-order valence-electron chi connectivity index (χ0n) is 13.3. The van der Waals surface area contributed by atoms with Crippen molar-refractivity contribution < 1.29 is 4.79 Å². The van der Waals surface area contributed by atoms with E-state index in [1.54, 1.807) is 12.4 Å². The lowest BCUT2D eigenvalue weighted by atomic mass is 10.1. The van der Waals surface area contributed by atoms with Crippen LogP contribution < -0.4 is 5.32 Å². The van der Waals surface area contributed by atoms with Crippen LogP contribution in [-0.4, -0.2) is 20.7 Å². The lowest BCUT2D eigenvalue weighted by Gasteiger charge is -2.22. The monoisotopic (exact) mass is 298 g/mol. The minimum Gasteiger partial charge on any atom is -0.347 e. The Morgan fingerprint density at radius 1 is 1.32 bits per heavy atom. The minimum atomic E-state index is -0.123. The van der Waals surface area contributed by atoms with E-state index in [-0.39, 0.29) is 11.4 Å². The number of hydrogen-bond donors (Lipinski definition) is 1. The SMILES string of the molecule is CC(C)(C)n1nc(C(=O)NCc2ccncc2)cc1C1CC1. The zero-order valence-corrected chi connectivity index (χ0v) is 13.3. The highest BCUT2D eigenvalue weighted by Gasteiger charge is 2.32. The first-order valence-electron chi connectivity index (χ1n) is 7.72. The van der Waals surface area contributed by atoms with E-state index < -0.39 is 0 Å². The van der Waals surface area contributed by atoms with Gasteiger partial charge in [0.2, 0.25) is 0 Å². The van der Waals surface area contributed by atoms with Crippen LogP contribution in [0.3, 0.4) is 0 Å². The number of nitrogens with zero attached hydrogens (tertiary/aromatic N) is 3. The first-order valence-corrected chi connectivity index (χ1v) is 7.72. The molecule has 0 spiro atoms. The van der Waals surface area contributed by atoms with Crippen LogP contribution in [-0.2, 0) is 12.1 Å². The molecule has 0 saturated heterocycles. The molecule has 0 bridgehead atoms. The van der Waals surface area contributed by atoms with Crippen molar-refractivity contribution in [3.63, 3.8) is 0 Å². The van der Waals surface area contributed by atoms with Gasteiger partial charge in [0.25, 0.3) is 5.91 Å². The van der Waals surface area contributed by atoms with Crippen LogP contribution in [0.4, 0.5) is 0 Å². The maximum Gasteiger partial charge on any atom is 0.272 e. The normalized spacial score (nSPS) is 14.9. The molecule has 1 aliphatic carbocycles. The van der Waals surface area contributed by atoms with E-state index in [1.807, 2.05) is 22.9 Å². The lowest BCUT2D eigenvalue weighted by molar-refractivity contribution is 0.0944. The fourth-order valence-corrected chi connectivity index (χ4v) is 2.49. The standard InChI is InChI=1S/C17H22N4O/c1-17(2,3)21-15(13-4-5-13)10-14(20-21)16(22)19-11-12-6-8-18-9-7-12/h6-10,13H,4-5,11H2,1-3H3,(H,19,22). The summed E-state index contributed by atoms with van der Waals surface area (Å²) in [7, 11) is 0. The van der Waals surface area contributed by atoms with Crippen molar-refractivity contribution in [1.82, 2.24) is 20.1 Å². The van der Waals surface area contributed by atoms with E-state index in [4.69, 9.17) is 0 Å². The zero-order chi connectivity index (χ0) is 15.7. The second-order valence-electron chi connectivity index (χ2n) is 6.85. The Morgan fingerprint density at radius 2 is 2.00 bits per heavy atom. The molecule has 1 amide bonds. The summed E-state index contributed by atoms with van der Waals surface area (Å²) in [5, 5.41) is 7.47. The van der Waals surface area contributed by atoms with Crippen LogP contribution in [0.5, 0.6) is 0 Å². The number of rotatable bonds is 4.